The van der Waals surface area contributed by atoms with Crippen LogP contribution in [0.5, 0.6) is 11.5 Å². The van der Waals surface area contributed by atoms with E-state index in [-0.39, 0.29) is 22.1 Å². The number of hydrogen-bond donors (Lipinski definition) is 1. The van der Waals surface area contributed by atoms with Crippen molar-refractivity contribution in [1.82, 2.24) is 0 Å². The van der Waals surface area contributed by atoms with E-state index in [4.69, 9.17) is 21.1 Å². The summed E-state index contributed by atoms with van der Waals surface area (Å²) in [7, 11) is 2.85. The molecule has 0 aromatic heterocycles. The number of nitro groups is 1. The van der Waals surface area contributed by atoms with Gasteiger partial charge in [-0.3, -0.25) is 19.7 Å². The highest BCUT2D eigenvalue weighted by atomic mass is 35.5. The topological polar surface area (TPSA) is 132 Å². The Labute approximate surface area is 170 Å². The molecule has 0 aliphatic heterocycles. The van der Waals surface area contributed by atoms with Crippen molar-refractivity contribution in [2.24, 2.45) is 10.2 Å². The summed E-state index contributed by atoms with van der Waals surface area (Å²) >= 11 is 6.13. The molecule has 0 heterocycles. The molecule has 2 rings (SSSR count). The number of methoxy groups -OCH3 is 2. The number of hydrogen-bond acceptors (Lipinski definition) is 8. The predicted octanol–water partition coefficient (Wildman–Crippen LogP) is 3.95. The van der Waals surface area contributed by atoms with E-state index in [9.17, 15) is 19.7 Å². The summed E-state index contributed by atoms with van der Waals surface area (Å²) in [4.78, 5) is 34.9. The number of Topliss-reactive ketones (excluding diaryl/α,β-unsaturated/α-hetero) is 1. The van der Waals surface area contributed by atoms with Crippen LogP contribution in [0.25, 0.3) is 0 Å². The molecule has 1 atom stereocenters. The molecule has 0 saturated carbocycles. The molecule has 10 nitrogen and oxygen atoms in total. The molecule has 2 aromatic rings. The van der Waals surface area contributed by atoms with E-state index in [2.05, 4.69) is 15.5 Å². The lowest BCUT2D eigenvalue weighted by Crippen LogP contribution is -2.31. The Morgan fingerprint density at radius 1 is 1.17 bits per heavy atom. The van der Waals surface area contributed by atoms with Crippen molar-refractivity contribution in [3.8, 4) is 11.5 Å². The van der Waals surface area contributed by atoms with E-state index in [0.717, 1.165) is 6.92 Å². The van der Waals surface area contributed by atoms with Crippen molar-refractivity contribution in [1.29, 1.82) is 0 Å². The van der Waals surface area contributed by atoms with Crippen LogP contribution in [0.15, 0.2) is 46.6 Å². The Balaban J connectivity index is 2.30. The number of ether oxygens (including phenoxy) is 2. The van der Waals surface area contributed by atoms with Crippen LogP contribution in [0, 0.1) is 10.1 Å². The lowest BCUT2D eigenvalue weighted by molar-refractivity contribution is -0.384. The first-order valence-electron chi connectivity index (χ1n) is 8.15. The zero-order valence-corrected chi connectivity index (χ0v) is 16.5. The highest BCUT2D eigenvalue weighted by molar-refractivity contribution is 6.34. The first kappa shape index (κ1) is 21.8. The molecule has 2 aromatic carbocycles. The van der Waals surface area contributed by atoms with E-state index in [0.29, 0.717) is 11.5 Å². The molecule has 0 fully saturated rings. The number of azo groups is 1. The number of anilines is 1. The van der Waals surface area contributed by atoms with Gasteiger partial charge in [0.1, 0.15) is 0 Å². The van der Waals surface area contributed by atoms with Crippen LogP contribution in [0.1, 0.15) is 6.92 Å². The van der Waals surface area contributed by atoms with Gasteiger partial charge >= 0.3 is 0 Å². The van der Waals surface area contributed by atoms with Gasteiger partial charge in [0.15, 0.2) is 23.0 Å². The number of rotatable bonds is 8. The number of nitrogens with one attached hydrogen (secondary N) is 1. The molecular weight excluding hydrogens is 404 g/mol. The molecule has 1 amide bonds. The summed E-state index contributed by atoms with van der Waals surface area (Å²) in [5.74, 6) is -0.752. The number of carbonyl (C=O) groups excluding carboxylic acids is 2. The normalized spacial score (nSPS) is 11.7. The summed E-state index contributed by atoms with van der Waals surface area (Å²) < 4.78 is 10.3. The molecule has 0 spiro atoms. The Morgan fingerprint density at radius 3 is 2.38 bits per heavy atom. The summed E-state index contributed by atoms with van der Waals surface area (Å²) in [5, 5.41) is 21.1. The minimum absolute atomic E-state index is 0.0827. The summed E-state index contributed by atoms with van der Waals surface area (Å²) in [5.41, 5.74) is -0.218. The number of amides is 1. The Bertz CT molecular complexity index is 979. The summed E-state index contributed by atoms with van der Waals surface area (Å²) in [6.45, 7) is 1.15. The fourth-order valence-electron chi connectivity index (χ4n) is 2.29. The Hall–Kier alpha value is -3.53. The zero-order valence-electron chi connectivity index (χ0n) is 15.7. The number of halogens is 1. The Kier molecular flexibility index (Phi) is 7.21. The van der Waals surface area contributed by atoms with Crippen molar-refractivity contribution in [2.75, 3.05) is 19.5 Å². The van der Waals surface area contributed by atoms with Gasteiger partial charge < -0.3 is 14.8 Å². The highest BCUT2D eigenvalue weighted by Crippen LogP contribution is 2.36. The second kappa shape index (κ2) is 9.60. The van der Waals surface area contributed by atoms with Gasteiger partial charge in [0.05, 0.1) is 29.9 Å². The van der Waals surface area contributed by atoms with Crippen molar-refractivity contribution < 1.29 is 24.0 Å². The molecule has 0 aliphatic carbocycles. The standard InChI is InChI=1S/C18H17ClN4O6/c1-10(24)17(22-21-12-6-4-5-7-14(12)23(26)27)18(25)20-13-9-16(29-3)15(28-2)8-11(13)19/h4-9,17H,1-3H3,(H,20,25). The largest absolute Gasteiger partial charge is 0.493 e. The predicted molar refractivity (Wildman–Crippen MR) is 105 cm³/mol. The van der Waals surface area contributed by atoms with Gasteiger partial charge in [0.25, 0.3) is 11.6 Å². The van der Waals surface area contributed by atoms with Crippen LogP contribution >= 0.6 is 11.6 Å². The van der Waals surface area contributed by atoms with Gasteiger partial charge in [-0.05, 0) is 13.0 Å². The van der Waals surface area contributed by atoms with Gasteiger partial charge in [0, 0.05) is 18.2 Å². The maximum Gasteiger partial charge on any atom is 0.296 e. The molecule has 11 heteroatoms. The van der Waals surface area contributed by atoms with Gasteiger partial charge in [-0.25, -0.2) is 0 Å². The molecule has 152 valence electrons. The quantitative estimate of drug-likeness (QED) is 0.297. The summed E-state index contributed by atoms with van der Waals surface area (Å²) in [6, 6.07) is 6.91. The van der Waals surface area contributed by atoms with E-state index in [1.807, 2.05) is 0 Å². The molecule has 1 N–H and O–H groups in total. The average Bonchev–Trinajstić information content (AvgIpc) is 2.69. The van der Waals surface area contributed by atoms with Crippen molar-refractivity contribution >= 4 is 40.4 Å². The minimum atomic E-state index is -1.53. The number of nitrogens with zero attached hydrogens (tertiary/aromatic N) is 3. The van der Waals surface area contributed by atoms with Crippen LogP contribution in [0.2, 0.25) is 5.02 Å². The SMILES string of the molecule is COc1cc(Cl)c(NC(=O)C(N=Nc2ccccc2[N+](=O)[O-])C(C)=O)cc1OC. The monoisotopic (exact) mass is 420 g/mol. The number of ketones is 1. The maximum atomic E-state index is 12.6. The van der Waals surface area contributed by atoms with Crippen LogP contribution in [0.4, 0.5) is 17.1 Å². The molecule has 0 saturated heterocycles. The van der Waals surface area contributed by atoms with E-state index >= 15 is 0 Å². The van der Waals surface area contributed by atoms with Crippen LogP contribution in [0.3, 0.4) is 0 Å². The maximum absolute atomic E-state index is 12.6. The first-order chi connectivity index (χ1) is 13.8. The molecule has 0 bridgehead atoms. The van der Waals surface area contributed by atoms with E-state index < -0.39 is 22.7 Å². The third-order valence-corrected chi connectivity index (χ3v) is 4.04. The van der Waals surface area contributed by atoms with E-state index in [1.165, 1.54) is 50.6 Å². The molecule has 0 radical (unpaired) electrons. The number of carbonyl (C=O) groups is 2. The first-order valence-corrected chi connectivity index (χ1v) is 8.53. The number of para-hydroxylation sites is 1. The van der Waals surface area contributed by atoms with Crippen molar-refractivity contribution in [3.05, 3.63) is 51.5 Å². The second-order valence-corrected chi connectivity index (χ2v) is 6.06. The fraction of sp³-hybridized carbons (Fsp3) is 0.222. The van der Waals surface area contributed by atoms with Crippen LogP contribution in [-0.2, 0) is 9.59 Å². The molecule has 1 unspecified atom stereocenters. The van der Waals surface area contributed by atoms with Crippen molar-refractivity contribution in [2.45, 2.75) is 13.0 Å². The lowest BCUT2D eigenvalue weighted by atomic mass is 10.2. The summed E-state index contributed by atoms with van der Waals surface area (Å²) in [6.07, 6.45) is 0. The lowest BCUT2D eigenvalue weighted by Gasteiger charge is -2.14. The highest BCUT2D eigenvalue weighted by Gasteiger charge is 2.25. The average molecular weight is 421 g/mol. The molecule has 0 aliphatic rings. The number of nitro benzene ring substituents is 1. The van der Waals surface area contributed by atoms with Gasteiger partial charge in [0.2, 0.25) is 6.04 Å². The van der Waals surface area contributed by atoms with Crippen LogP contribution < -0.4 is 14.8 Å². The Morgan fingerprint density at radius 2 is 1.79 bits per heavy atom. The fourth-order valence-corrected chi connectivity index (χ4v) is 2.49. The number of benzene rings is 2. The minimum Gasteiger partial charge on any atom is -0.493 e. The molecule has 29 heavy (non-hydrogen) atoms. The second-order valence-electron chi connectivity index (χ2n) is 5.65. The third kappa shape index (κ3) is 5.26. The zero-order chi connectivity index (χ0) is 21.6. The third-order valence-electron chi connectivity index (χ3n) is 3.72. The van der Waals surface area contributed by atoms with Gasteiger partial charge in [-0.1, -0.05) is 23.7 Å². The van der Waals surface area contributed by atoms with Crippen molar-refractivity contribution in [3.63, 3.8) is 0 Å². The smallest absolute Gasteiger partial charge is 0.296 e. The van der Waals surface area contributed by atoms with E-state index in [1.54, 1.807) is 0 Å². The van der Waals surface area contributed by atoms with Gasteiger partial charge in [-0.2, -0.15) is 5.11 Å². The van der Waals surface area contributed by atoms with Gasteiger partial charge in [-0.15, -0.1) is 5.11 Å². The van der Waals surface area contributed by atoms with Crippen LogP contribution in [-0.4, -0.2) is 36.9 Å². The molecular formula is C18H17ClN4O6.